The SMILES string of the molecule is CC(C)(C[C@@H]1N[C@@H](C(=O)NCC[C@H](O)CO)[C@H](c2cccc(Cl)c2F)[C@@]1(N)c1ccc(Cl)cc1F)C1CCN(Cc2ccccc2)CC1. The first-order valence-electron chi connectivity index (χ1n) is 16.6. The number of carbonyl (C=O) groups is 1. The van der Waals surface area contributed by atoms with Gasteiger partial charge in [-0.2, -0.15) is 0 Å². The highest BCUT2D eigenvalue weighted by molar-refractivity contribution is 6.31. The third-order valence-electron chi connectivity index (χ3n) is 10.5. The number of amides is 1. The Morgan fingerprint density at radius 3 is 2.48 bits per heavy atom. The summed E-state index contributed by atoms with van der Waals surface area (Å²) in [5.74, 6) is -2.61. The van der Waals surface area contributed by atoms with Crippen LogP contribution in [0.5, 0.6) is 0 Å². The predicted octanol–water partition coefficient (Wildman–Crippen LogP) is 5.74. The third-order valence-corrected chi connectivity index (χ3v) is 11.0. The Kier molecular flexibility index (Phi) is 11.8. The minimum Gasteiger partial charge on any atom is -0.394 e. The minimum absolute atomic E-state index is 0.0636. The highest BCUT2D eigenvalue weighted by Crippen LogP contribution is 2.51. The summed E-state index contributed by atoms with van der Waals surface area (Å²) in [5, 5.41) is 25.4. The van der Waals surface area contributed by atoms with Crippen LogP contribution in [-0.4, -0.2) is 65.4 Å². The summed E-state index contributed by atoms with van der Waals surface area (Å²) >= 11 is 12.4. The molecule has 48 heavy (non-hydrogen) atoms. The maximum Gasteiger partial charge on any atom is 0.237 e. The van der Waals surface area contributed by atoms with Crippen LogP contribution in [0.2, 0.25) is 10.0 Å². The van der Waals surface area contributed by atoms with E-state index < -0.39 is 53.8 Å². The first-order chi connectivity index (χ1) is 22.8. The topological polar surface area (TPSA) is 111 Å². The normalized spacial score (nSPS) is 24.5. The van der Waals surface area contributed by atoms with Crippen molar-refractivity contribution >= 4 is 29.1 Å². The summed E-state index contributed by atoms with van der Waals surface area (Å²) in [6.07, 6.45) is 1.50. The average Bonchev–Trinajstić information content (AvgIpc) is 3.34. The van der Waals surface area contributed by atoms with E-state index in [1.165, 1.54) is 29.8 Å². The second-order valence-corrected chi connectivity index (χ2v) is 14.9. The Bertz CT molecular complexity index is 1560. The molecular formula is C37H46Cl2F2N4O3. The predicted molar refractivity (Wildman–Crippen MR) is 186 cm³/mol. The second-order valence-electron chi connectivity index (χ2n) is 14.0. The van der Waals surface area contributed by atoms with Crippen molar-refractivity contribution in [3.8, 4) is 0 Å². The van der Waals surface area contributed by atoms with Crippen molar-refractivity contribution in [3.63, 3.8) is 0 Å². The molecule has 11 heteroatoms. The number of aliphatic hydroxyl groups excluding tert-OH is 2. The highest BCUT2D eigenvalue weighted by atomic mass is 35.5. The molecule has 6 N–H and O–H groups in total. The van der Waals surface area contributed by atoms with Crippen LogP contribution in [0.15, 0.2) is 66.7 Å². The fourth-order valence-corrected chi connectivity index (χ4v) is 8.10. The van der Waals surface area contributed by atoms with E-state index in [1.807, 2.05) is 6.07 Å². The largest absolute Gasteiger partial charge is 0.394 e. The van der Waals surface area contributed by atoms with Crippen molar-refractivity contribution in [2.75, 3.05) is 26.2 Å². The van der Waals surface area contributed by atoms with Crippen molar-refractivity contribution in [2.45, 2.75) is 75.7 Å². The van der Waals surface area contributed by atoms with Crippen molar-refractivity contribution in [2.24, 2.45) is 17.1 Å². The highest BCUT2D eigenvalue weighted by Gasteiger charge is 2.59. The molecule has 0 spiro atoms. The third kappa shape index (κ3) is 7.88. The van der Waals surface area contributed by atoms with Crippen LogP contribution in [0.4, 0.5) is 8.78 Å². The summed E-state index contributed by atoms with van der Waals surface area (Å²) in [7, 11) is 0. The number of nitrogens with two attached hydrogens (primary N) is 1. The van der Waals surface area contributed by atoms with Gasteiger partial charge >= 0.3 is 0 Å². The molecule has 2 saturated heterocycles. The summed E-state index contributed by atoms with van der Waals surface area (Å²) in [5.41, 5.74) is 7.02. The number of hydrogen-bond donors (Lipinski definition) is 5. The van der Waals surface area contributed by atoms with Crippen LogP contribution in [0.25, 0.3) is 0 Å². The lowest BCUT2D eigenvalue weighted by Crippen LogP contribution is -2.53. The number of carbonyl (C=O) groups excluding carboxylic acids is 1. The molecular weight excluding hydrogens is 657 g/mol. The zero-order chi connectivity index (χ0) is 34.6. The number of hydrogen-bond acceptors (Lipinski definition) is 6. The first kappa shape index (κ1) is 36.6. The monoisotopic (exact) mass is 702 g/mol. The molecule has 0 radical (unpaired) electrons. The summed E-state index contributed by atoms with van der Waals surface area (Å²) in [6.45, 7) is 6.74. The molecule has 3 aromatic rings. The van der Waals surface area contributed by atoms with Crippen molar-refractivity contribution in [1.82, 2.24) is 15.5 Å². The van der Waals surface area contributed by atoms with Crippen LogP contribution in [0, 0.1) is 23.0 Å². The van der Waals surface area contributed by atoms with Crippen LogP contribution >= 0.6 is 23.2 Å². The molecule has 2 heterocycles. The van der Waals surface area contributed by atoms with Crippen LogP contribution in [-0.2, 0) is 16.9 Å². The smallest absolute Gasteiger partial charge is 0.237 e. The van der Waals surface area contributed by atoms with E-state index in [0.717, 1.165) is 32.5 Å². The van der Waals surface area contributed by atoms with Crippen molar-refractivity contribution < 1.29 is 23.8 Å². The maximum atomic E-state index is 16.0. The van der Waals surface area contributed by atoms with Crippen LogP contribution < -0.4 is 16.4 Å². The number of piperidine rings is 1. The lowest BCUT2D eigenvalue weighted by atomic mass is 9.64. The minimum atomic E-state index is -1.60. The molecule has 2 aliphatic rings. The van der Waals surface area contributed by atoms with Gasteiger partial charge in [0, 0.05) is 35.6 Å². The molecule has 2 fully saturated rings. The van der Waals surface area contributed by atoms with Crippen molar-refractivity contribution in [3.05, 3.63) is 105 Å². The van der Waals surface area contributed by atoms with Gasteiger partial charge in [-0.3, -0.25) is 9.69 Å². The molecule has 0 bridgehead atoms. The molecule has 5 rings (SSSR count). The van der Waals surface area contributed by atoms with Gasteiger partial charge in [0.05, 0.1) is 29.3 Å². The fourth-order valence-electron chi connectivity index (χ4n) is 7.76. The molecule has 0 aliphatic carbocycles. The molecule has 260 valence electrons. The van der Waals surface area contributed by atoms with E-state index in [9.17, 15) is 15.0 Å². The lowest BCUT2D eigenvalue weighted by Gasteiger charge is -2.45. The standard InChI is InChI=1S/C37H46Cl2F2N4O3/c1-36(2,24-14-17-45(18-15-24)21-23-7-4-3-5-8-23)20-31-37(42,28-12-11-25(38)19-30(28)40)32(27-9-6-10-29(39)33(27)41)34(44-31)35(48)43-16-13-26(47)22-46/h3-12,19,24,26,31-32,34,44,46-47H,13-18,20-22,42H2,1-2H3,(H,43,48)/t26-,31-,32-,34+,37+/m0/s1. The summed E-state index contributed by atoms with van der Waals surface area (Å²) in [4.78, 5) is 16.4. The van der Waals surface area contributed by atoms with Crippen molar-refractivity contribution in [1.29, 1.82) is 0 Å². The Labute approximate surface area is 291 Å². The van der Waals surface area contributed by atoms with Gasteiger partial charge in [0.1, 0.15) is 11.6 Å². The van der Waals surface area contributed by atoms with Gasteiger partial charge in [-0.25, -0.2) is 8.78 Å². The molecule has 3 aromatic carbocycles. The number of likely N-dealkylation sites (tertiary alicyclic amines) is 1. The number of nitrogens with one attached hydrogen (secondary N) is 2. The molecule has 1 amide bonds. The van der Waals surface area contributed by atoms with Gasteiger partial charge in [-0.05, 0) is 79.4 Å². The van der Waals surface area contributed by atoms with Gasteiger partial charge in [-0.1, -0.05) is 85.6 Å². The zero-order valence-corrected chi connectivity index (χ0v) is 29.0. The molecule has 0 unspecified atom stereocenters. The Morgan fingerprint density at radius 1 is 1.10 bits per heavy atom. The first-order valence-corrected chi connectivity index (χ1v) is 17.4. The maximum absolute atomic E-state index is 16.0. The average molecular weight is 704 g/mol. The molecule has 5 atom stereocenters. The van der Waals surface area contributed by atoms with Gasteiger partial charge < -0.3 is 26.6 Å². The molecule has 0 aromatic heterocycles. The van der Waals surface area contributed by atoms with Crippen LogP contribution in [0.1, 0.15) is 62.1 Å². The van der Waals surface area contributed by atoms with E-state index in [-0.39, 0.29) is 39.6 Å². The van der Waals surface area contributed by atoms with Gasteiger partial charge in [0.15, 0.2) is 0 Å². The molecule has 2 aliphatic heterocycles. The Balaban J connectivity index is 1.48. The van der Waals surface area contributed by atoms with Gasteiger partial charge in [-0.15, -0.1) is 0 Å². The lowest BCUT2D eigenvalue weighted by molar-refractivity contribution is -0.123. The summed E-state index contributed by atoms with van der Waals surface area (Å²) < 4.78 is 31.9. The fraction of sp³-hybridized carbons (Fsp3) is 0.486. The number of halogens is 4. The van der Waals surface area contributed by atoms with E-state index in [1.54, 1.807) is 12.1 Å². The number of rotatable bonds is 12. The Hall–Kier alpha value is -2.63. The van der Waals surface area contributed by atoms with E-state index in [2.05, 4.69) is 53.6 Å². The van der Waals surface area contributed by atoms with Gasteiger partial charge in [0.2, 0.25) is 5.91 Å². The Morgan fingerprint density at radius 2 is 1.81 bits per heavy atom. The summed E-state index contributed by atoms with van der Waals surface area (Å²) in [6, 6.07) is 17.5. The number of aliphatic hydroxyl groups is 2. The second kappa shape index (κ2) is 15.5. The van der Waals surface area contributed by atoms with E-state index >= 15 is 8.78 Å². The quantitative estimate of drug-likeness (QED) is 0.165. The molecule has 0 saturated carbocycles. The number of benzene rings is 3. The molecule has 7 nitrogen and oxygen atoms in total. The van der Waals surface area contributed by atoms with Crippen LogP contribution in [0.3, 0.4) is 0 Å². The van der Waals surface area contributed by atoms with E-state index in [0.29, 0.717) is 12.3 Å². The zero-order valence-electron chi connectivity index (χ0n) is 27.4. The number of nitrogens with zero attached hydrogens (tertiary/aromatic N) is 1. The van der Waals surface area contributed by atoms with E-state index in [4.69, 9.17) is 28.9 Å². The van der Waals surface area contributed by atoms with Gasteiger partial charge in [0.25, 0.3) is 0 Å².